The normalized spacial score (nSPS) is 25.4. The van der Waals surface area contributed by atoms with Gasteiger partial charge in [0.15, 0.2) is 0 Å². The summed E-state index contributed by atoms with van der Waals surface area (Å²) in [6.45, 7) is 7.04. The summed E-state index contributed by atoms with van der Waals surface area (Å²) >= 11 is 0. The number of rotatable bonds is 0. The molecule has 1 aliphatic rings. The van der Waals surface area contributed by atoms with Crippen LogP contribution < -0.4 is 10.5 Å². The van der Waals surface area contributed by atoms with Gasteiger partial charge in [-0.15, -0.1) is 0 Å². The Hall–Kier alpha value is -1.02. The highest BCUT2D eigenvalue weighted by Gasteiger charge is 2.25. The fraction of sp³-hybridized carbons (Fsp3) is 0.500. The predicted octanol–water partition coefficient (Wildman–Crippen LogP) is 2.33. The fourth-order valence-electron chi connectivity index (χ4n) is 2.06. The maximum atomic E-state index is 6.15. The summed E-state index contributed by atoms with van der Waals surface area (Å²) in [5.41, 5.74) is 9.77. The summed E-state index contributed by atoms with van der Waals surface area (Å²) in [5, 5.41) is 0. The standard InChI is InChI=1S/C12H17NO/c1-7-4-8(2)12-10(5-7)11(13)9(3)6-14-12/h4-5,9,11H,6,13H2,1-3H3/t9-,11+/m0/s1. The molecule has 2 atom stereocenters. The molecule has 2 nitrogen and oxygen atoms in total. The van der Waals surface area contributed by atoms with Gasteiger partial charge in [0, 0.05) is 17.5 Å². The average molecular weight is 191 g/mol. The third-order valence-electron chi connectivity index (χ3n) is 2.91. The van der Waals surface area contributed by atoms with Crippen molar-refractivity contribution in [1.29, 1.82) is 0 Å². The molecule has 0 saturated carbocycles. The highest BCUT2D eigenvalue weighted by atomic mass is 16.5. The van der Waals surface area contributed by atoms with E-state index in [0.717, 1.165) is 12.4 Å². The summed E-state index contributed by atoms with van der Waals surface area (Å²) in [5.74, 6) is 1.41. The molecule has 2 N–H and O–H groups in total. The molecule has 2 heteroatoms. The monoisotopic (exact) mass is 191 g/mol. The van der Waals surface area contributed by atoms with Gasteiger partial charge in [0.1, 0.15) is 5.75 Å². The lowest BCUT2D eigenvalue weighted by atomic mass is 9.90. The van der Waals surface area contributed by atoms with Gasteiger partial charge in [-0.3, -0.25) is 0 Å². The van der Waals surface area contributed by atoms with Crippen LogP contribution in [-0.4, -0.2) is 6.61 Å². The first kappa shape index (κ1) is 9.53. The number of benzene rings is 1. The molecule has 0 fully saturated rings. The number of nitrogens with two attached hydrogens (primary N) is 1. The van der Waals surface area contributed by atoms with Gasteiger partial charge in [0.2, 0.25) is 0 Å². The summed E-state index contributed by atoms with van der Waals surface area (Å²) in [4.78, 5) is 0. The zero-order chi connectivity index (χ0) is 10.3. The maximum Gasteiger partial charge on any atom is 0.127 e. The van der Waals surface area contributed by atoms with Crippen LogP contribution in [0.2, 0.25) is 0 Å². The Morgan fingerprint density at radius 3 is 2.79 bits per heavy atom. The van der Waals surface area contributed by atoms with E-state index in [1.165, 1.54) is 16.7 Å². The fourth-order valence-corrected chi connectivity index (χ4v) is 2.06. The van der Waals surface area contributed by atoms with Crippen LogP contribution in [0.3, 0.4) is 0 Å². The second kappa shape index (κ2) is 3.28. The molecule has 14 heavy (non-hydrogen) atoms. The van der Waals surface area contributed by atoms with Crippen molar-refractivity contribution in [2.75, 3.05) is 6.61 Å². The van der Waals surface area contributed by atoms with Gasteiger partial charge in [-0.25, -0.2) is 0 Å². The van der Waals surface area contributed by atoms with Crippen molar-refractivity contribution in [3.8, 4) is 5.75 Å². The number of fused-ring (bicyclic) bond motifs is 1. The second-order valence-corrected chi connectivity index (χ2v) is 4.31. The Kier molecular flexibility index (Phi) is 2.23. The SMILES string of the molecule is Cc1cc(C)c2c(c1)[C@H](N)[C@@H](C)CO2. The van der Waals surface area contributed by atoms with Crippen molar-refractivity contribution in [3.05, 3.63) is 28.8 Å². The Bertz CT molecular complexity index is 360. The first-order valence-corrected chi connectivity index (χ1v) is 5.09. The van der Waals surface area contributed by atoms with E-state index in [2.05, 4.69) is 32.9 Å². The molecule has 0 saturated heterocycles. The molecule has 2 rings (SSSR count). The molecule has 1 aromatic carbocycles. The van der Waals surface area contributed by atoms with Gasteiger partial charge in [0.25, 0.3) is 0 Å². The van der Waals surface area contributed by atoms with E-state index in [4.69, 9.17) is 10.5 Å². The number of hydrogen-bond acceptors (Lipinski definition) is 2. The van der Waals surface area contributed by atoms with E-state index >= 15 is 0 Å². The van der Waals surface area contributed by atoms with Crippen molar-refractivity contribution in [2.24, 2.45) is 11.7 Å². The van der Waals surface area contributed by atoms with Crippen LogP contribution in [0.25, 0.3) is 0 Å². The van der Waals surface area contributed by atoms with Crippen molar-refractivity contribution < 1.29 is 4.74 Å². The first-order valence-electron chi connectivity index (χ1n) is 5.09. The molecule has 0 bridgehead atoms. The molecule has 0 aromatic heterocycles. The molecular formula is C12H17NO. The first-order chi connectivity index (χ1) is 6.59. The van der Waals surface area contributed by atoms with Crippen LogP contribution in [0.15, 0.2) is 12.1 Å². The van der Waals surface area contributed by atoms with E-state index < -0.39 is 0 Å². The highest BCUT2D eigenvalue weighted by molar-refractivity contribution is 5.46. The zero-order valence-electron chi connectivity index (χ0n) is 9.00. The van der Waals surface area contributed by atoms with Crippen molar-refractivity contribution in [2.45, 2.75) is 26.8 Å². The molecule has 1 heterocycles. The zero-order valence-corrected chi connectivity index (χ0v) is 9.00. The van der Waals surface area contributed by atoms with Crippen LogP contribution in [0.5, 0.6) is 5.75 Å². The van der Waals surface area contributed by atoms with Gasteiger partial charge in [-0.1, -0.05) is 24.6 Å². The summed E-state index contributed by atoms with van der Waals surface area (Å²) in [6, 6.07) is 4.40. The van der Waals surface area contributed by atoms with Gasteiger partial charge < -0.3 is 10.5 Å². The topological polar surface area (TPSA) is 35.2 Å². The number of aryl methyl sites for hydroxylation is 2. The van der Waals surface area contributed by atoms with Gasteiger partial charge in [-0.05, 0) is 19.4 Å². The molecule has 1 aromatic rings. The smallest absolute Gasteiger partial charge is 0.127 e. The molecule has 0 spiro atoms. The van der Waals surface area contributed by atoms with Crippen LogP contribution in [0, 0.1) is 19.8 Å². The highest BCUT2D eigenvalue weighted by Crippen LogP contribution is 2.36. The van der Waals surface area contributed by atoms with Gasteiger partial charge in [-0.2, -0.15) is 0 Å². The van der Waals surface area contributed by atoms with Crippen molar-refractivity contribution in [3.63, 3.8) is 0 Å². The van der Waals surface area contributed by atoms with Crippen molar-refractivity contribution >= 4 is 0 Å². The quantitative estimate of drug-likeness (QED) is 0.683. The molecule has 0 aliphatic carbocycles. The third kappa shape index (κ3) is 1.40. The summed E-state index contributed by atoms with van der Waals surface area (Å²) < 4.78 is 5.71. The molecule has 76 valence electrons. The predicted molar refractivity (Wildman–Crippen MR) is 57.5 cm³/mol. The Labute approximate surface area is 85.1 Å². The molecular weight excluding hydrogens is 174 g/mol. The Balaban J connectivity index is 2.54. The van der Waals surface area contributed by atoms with E-state index in [0.29, 0.717) is 5.92 Å². The Morgan fingerprint density at radius 1 is 1.36 bits per heavy atom. The van der Waals surface area contributed by atoms with E-state index in [9.17, 15) is 0 Å². The third-order valence-corrected chi connectivity index (χ3v) is 2.91. The summed E-state index contributed by atoms with van der Waals surface area (Å²) in [6.07, 6.45) is 0. The van der Waals surface area contributed by atoms with Gasteiger partial charge >= 0.3 is 0 Å². The maximum absolute atomic E-state index is 6.15. The minimum absolute atomic E-state index is 0.123. The van der Waals surface area contributed by atoms with Crippen LogP contribution in [0.1, 0.15) is 29.7 Å². The van der Waals surface area contributed by atoms with E-state index in [1.54, 1.807) is 0 Å². The van der Waals surface area contributed by atoms with Gasteiger partial charge in [0.05, 0.1) is 6.61 Å². The molecule has 0 radical (unpaired) electrons. The number of ether oxygens (including phenoxy) is 1. The lowest BCUT2D eigenvalue weighted by Crippen LogP contribution is -2.29. The van der Waals surface area contributed by atoms with Crippen molar-refractivity contribution in [1.82, 2.24) is 0 Å². The molecule has 0 unspecified atom stereocenters. The van der Waals surface area contributed by atoms with Crippen LogP contribution in [-0.2, 0) is 0 Å². The minimum Gasteiger partial charge on any atom is -0.493 e. The van der Waals surface area contributed by atoms with Crippen LogP contribution >= 0.6 is 0 Å². The minimum atomic E-state index is 0.123. The number of hydrogen-bond donors (Lipinski definition) is 1. The Morgan fingerprint density at radius 2 is 2.07 bits per heavy atom. The molecule has 1 aliphatic heterocycles. The lowest BCUT2D eigenvalue weighted by Gasteiger charge is -2.30. The largest absolute Gasteiger partial charge is 0.493 e. The lowest BCUT2D eigenvalue weighted by molar-refractivity contribution is 0.206. The van der Waals surface area contributed by atoms with Crippen LogP contribution in [0.4, 0.5) is 0 Å². The summed E-state index contributed by atoms with van der Waals surface area (Å²) in [7, 11) is 0. The van der Waals surface area contributed by atoms with E-state index in [1.807, 2.05) is 0 Å². The average Bonchev–Trinajstić information content (AvgIpc) is 2.12. The van der Waals surface area contributed by atoms with E-state index in [-0.39, 0.29) is 6.04 Å². The molecule has 0 amide bonds. The second-order valence-electron chi connectivity index (χ2n) is 4.31.